The number of hydrogen-bond acceptors (Lipinski definition) is 2. The molecule has 0 aliphatic heterocycles. The number of nitrogens with two attached hydrogens (primary N) is 1. The van der Waals surface area contributed by atoms with E-state index in [2.05, 4.69) is 37.4 Å². The van der Waals surface area contributed by atoms with Crippen LogP contribution in [0.15, 0.2) is 24.3 Å². The Morgan fingerprint density at radius 3 is 2.57 bits per heavy atom. The van der Waals surface area contributed by atoms with Crippen molar-refractivity contribution in [3.8, 4) is 0 Å². The lowest BCUT2D eigenvalue weighted by Crippen LogP contribution is -2.17. The van der Waals surface area contributed by atoms with Gasteiger partial charge in [-0.05, 0) is 30.5 Å². The average molecular weight is 192 g/mol. The highest BCUT2D eigenvalue weighted by atomic mass is 14.9. The first kappa shape index (κ1) is 11.1. The summed E-state index contributed by atoms with van der Waals surface area (Å²) in [5.41, 5.74) is 7.95. The van der Waals surface area contributed by atoms with E-state index in [1.165, 1.54) is 11.3 Å². The molecule has 0 heterocycles. The molecule has 0 aliphatic rings. The Morgan fingerprint density at radius 2 is 2.00 bits per heavy atom. The second kappa shape index (κ2) is 5.66. The molecule has 78 valence electrons. The third-order valence-electron chi connectivity index (χ3n) is 2.52. The second-order valence-corrected chi connectivity index (χ2v) is 3.56. The maximum absolute atomic E-state index is 5.59. The van der Waals surface area contributed by atoms with Crippen molar-refractivity contribution in [3.63, 3.8) is 0 Å². The van der Waals surface area contributed by atoms with Gasteiger partial charge in [-0.2, -0.15) is 0 Å². The van der Waals surface area contributed by atoms with Gasteiger partial charge in [0.25, 0.3) is 0 Å². The standard InChI is InChI=1S/C12H20N2/c1-3-11(4-2)14-12-7-5-6-10(8-12)9-13/h5-8,11,14H,3-4,9,13H2,1-2H3. The Balaban J connectivity index is 2.65. The van der Waals surface area contributed by atoms with Crippen molar-refractivity contribution in [1.29, 1.82) is 0 Å². The Bertz CT molecular complexity index is 267. The molecule has 1 rings (SSSR count). The molecule has 1 aromatic carbocycles. The zero-order valence-electron chi connectivity index (χ0n) is 9.09. The lowest BCUT2D eigenvalue weighted by molar-refractivity contribution is 0.671. The molecule has 14 heavy (non-hydrogen) atoms. The van der Waals surface area contributed by atoms with Crippen LogP contribution in [-0.4, -0.2) is 6.04 Å². The van der Waals surface area contributed by atoms with Gasteiger partial charge >= 0.3 is 0 Å². The van der Waals surface area contributed by atoms with Crippen LogP contribution in [0.2, 0.25) is 0 Å². The van der Waals surface area contributed by atoms with Gasteiger partial charge in [0.15, 0.2) is 0 Å². The highest BCUT2D eigenvalue weighted by Gasteiger charge is 2.02. The maximum Gasteiger partial charge on any atom is 0.0345 e. The Morgan fingerprint density at radius 1 is 1.29 bits per heavy atom. The predicted molar refractivity (Wildman–Crippen MR) is 62.3 cm³/mol. The molecule has 0 spiro atoms. The monoisotopic (exact) mass is 192 g/mol. The molecule has 2 heteroatoms. The molecular weight excluding hydrogens is 172 g/mol. The highest BCUT2D eigenvalue weighted by Crippen LogP contribution is 2.13. The van der Waals surface area contributed by atoms with Crippen molar-refractivity contribution >= 4 is 5.69 Å². The molecule has 0 fully saturated rings. The van der Waals surface area contributed by atoms with Crippen LogP contribution >= 0.6 is 0 Å². The van der Waals surface area contributed by atoms with Gasteiger partial charge in [-0.25, -0.2) is 0 Å². The SMILES string of the molecule is CCC(CC)Nc1cccc(CN)c1. The zero-order valence-corrected chi connectivity index (χ0v) is 9.09. The largest absolute Gasteiger partial charge is 0.382 e. The maximum atomic E-state index is 5.59. The van der Waals surface area contributed by atoms with Gasteiger partial charge in [-0.3, -0.25) is 0 Å². The molecule has 0 radical (unpaired) electrons. The summed E-state index contributed by atoms with van der Waals surface area (Å²) in [6, 6.07) is 8.89. The van der Waals surface area contributed by atoms with E-state index in [1.807, 2.05) is 6.07 Å². The molecule has 0 saturated carbocycles. The summed E-state index contributed by atoms with van der Waals surface area (Å²) < 4.78 is 0. The lowest BCUT2D eigenvalue weighted by Gasteiger charge is -2.16. The minimum atomic E-state index is 0.572. The molecule has 0 aliphatic carbocycles. The van der Waals surface area contributed by atoms with Crippen molar-refractivity contribution in [1.82, 2.24) is 0 Å². The van der Waals surface area contributed by atoms with Gasteiger partial charge in [0, 0.05) is 18.3 Å². The Kier molecular flexibility index (Phi) is 4.47. The zero-order chi connectivity index (χ0) is 10.4. The van der Waals surface area contributed by atoms with Crippen LogP contribution in [0.5, 0.6) is 0 Å². The van der Waals surface area contributed by atoms with Gasteiger partial charge < -0.3 is 11.1 Å². The number of rotatable bonds is 5. The Hall–Kier alpha value is -1.02. The van der Waals surface area contributed by atoms with Crippen molar-refractivity contribution in [2.75, 3.05) is 5.32 Å². The molecule has 0 aromatic heterocycles. The van der Waals surface area contributed by atoms with Crippen molar-refractivity contribution in [3.05, 3.63) is 29.8 Å². The highest BCUT2D eigenvalue weighted by molar-refractivity contribution is 5.46. The van der Waals surface area contributed by atoms with Gasteiger partial charge in [0.05, 0.1) is 0 Å². The molecule has 3 N–H and O–H groups in total. The van der Waals surface area contributed by atoms with Crippen LogP contribution in [0, 0.1) is 0 Å². The van der Waals surface area contributed by atoms with Crippen LogP contribution in [0.3, 0.4) is 0 Å². The summed E-state index contributed by atoms with van der Waals surface area (Å²) in [6.45, 7) is 5.01. The second-order valence-electron chi connectivity index (χ2n) is 3.56. The third kappa shape index (κ3) is 3.04. The quantitative estimate of drug-likeness (QED) is 0.752. The van der Waals surface area contributed by atoms with Gasteiger partial charge in [-0.15, -0.1) is 0 Å². The van der Waals surface area contributed by atoms with Gasteiger partial charge in [0.2, 0.25) is 0 Å². The van der Waals surface area contributed by atoms with Crippen molar-refractivity contribution in [2.45, 2.75) is 39.3 Å². The van der Waals surface area contributed by atoms with Crippen LogP contribution in [0.1, 0.15) is 32.3 Å². The first-order valence-electron chi connectivity index (χ1n) is 5.35. The van der Waals surface area contributed by atoms with Crippen molar-refractivity contribution < 1.29 is 0 Å². The minimum absolute atomic E-state index is 0.572. The summed E-state index contributed by atoms with van der Waals surface area (Å²) in [4.78, 5) is 0. The van der Waals surface area contributed by atoms with E-state index in [-0.39, 0.29) is 0 Å². The van der Waals surface area contributed by atoms with Gasteiger partial charge in [0.1, 0.15) is 0 Å². The van der Waals surface area contributed by atoms with E-state index in [0.29, 0.717) is 12.6 Å². The number of hydrogen-bond donors (Lipinski definition) is 2. The Labute approximate surface area is 86.5 Å². The average Bonchev–Trinajstić information content (AvgIpc) is 2.26. The number of nitrogens with one attached hydrogen (secondary N) is 1. The number of benzene rings is 1. The first-order valence-corrected chi connectivity index (χ1v) is 5.35. The van der Waals surface area contributed by atoms with E-state index < -0.39 is 0 Å². The van der Waals surface area contributed by atoms with E-state index in [0.717, 1.165) is 12.8 Å². The third-order valence-corrected chi connectivity index (χ3v) is 2.52. The summed E-state index contributed by atoms with van der Waals surface area (Å²) in [5, 5.41) is 3.50. The van der Waals surface area contributed by atoms with E-state index in [9.17, 15) is 0 Å². The molecule has 2 nitrogen and oxygen atoms in total. The summed E-state index contributed by atoms with van der Waals surface area (Å²) in [7, 11) is 0. The molecule has 0 saturated heterocycles. The summed E-state index contributed by atoms with van der Waals surface area (Å²) in [5.74, 6) is 0. The van der Waals surface area contributed by atoms with Crippen LogP contribution < -0.4 is 11.1 Å². The number of anilines is 1. The summed E-state index contributed by atoms with van der Waals surface area (Å²) in [6.07, 6.45) is 2.31. The van der Waals surface area contributed by atoms with E-state index in [1.54, 1.807) is 0 Å². The first-order chi connectivity index (χ1) is 6.80. The van der Waals surface area contributed by atoms with Crippen LogP contribution in [-0.2, 0) is 6.54 Å². The molecule has 0 bridgehead atoms. The lowest BCUT2D eigenvalue weighted by atomic mass is 10.1. The van der Waals surface area contributed by atoms with Crippen LogP contribution in [0.4, 0.5) is 5.69 Å². The normalized spacial score (nSPS) is 10.6. The molecule has 0 amide bonds. The fourth-order valence-electron chi connectivity index (χ4n) is 1.52. The fourth-order valence-corrected chi connectivity index (χ4v) is 1.52. The van der Waals surface area contributed by atoms with Crippen molar-refractivity contribution in [2.24, 2.45) is 5.73 Å². The molecule has 0 unspecified atom stereocenters. The topological polar surface area (TPSA) is 38.0 Å². The van der Waals surface area contributed by atoms with Gasteiger partial charge in [-0.1, -0.05) is 26.0 Å². The van der Waals surface area contributed by atoms with E-state index in [4.69, 9.17) is 5.73 Å². The summed E-state index contributed by atoms with van der Waals surface area (Å²) >= 11 is 0. The smallest absolute Gasteiger partial charge is 0.0345 e. The molecule has 0 atom stereocenters. The molecule has 1 aromatic rings. The van der Waals surface area contributed by atoms with Crippen LogP contribution in [0.25, 0.3) is 0 Å². The van der Waals surface area contributed by atoms with E-state index >= 15 is 0 Å². The predicted octanol–water partition coefficient (Wildman–Crippen LogP) is 2.75. The fraction of sp³-hybridized carbons (Fsp3) is 0.500. The molecular formula is C12H20N2. The minimum Gasteiger partial charge on any atom is -0.382 e.